The Bertz CT molecular complexity index is 238. The van der Waals surface area contributed by atoms with Crippen LogP contribution >= 0.6 is 11.6 Å². The van der Waals surface area contributed by atoms with Crippen molar-refractivity contribution in [2.75, 3.05) is 0 Å². The monoisotopic (exact) mass is 206 g/mol. The molecule has 1 heterocycles. The molecule has 0 aliphatic carbocycles. The molecule has 0 fully saturated rings. The minimum absolute atomic E-state index is 0.287. The lowest BCUT2D eigenvalue weighted by atomic mass is 10.6. The summed E-state index contributed by atoms with van der Waals surface area (Å²) in [6.45, 7) is 0. The van der Waals surface area contributed by atoms with Gasteiger partial charge < -0.3 is 8.85 Å². The Labute approximate surface area is 75.0 Å². The number of halogens is 1. The van der Waals surface area contributed by atoms with E-state index in [1.165, 1.54) is 0 Å². The van der Waals surface area contributed by atoms with Gasteiger partial charge >= 0.3 is 6.01 Å². The van der Waals surface area contributed by atoms with Gasteiger partial charge in [-0.3, -0.25) is 0 Å². The van der Waals surface area contributed by atoms with Gasteiger partial charge in [-0.2, -0.15) is 9.97 Å². The first kappa shape index (κ1) is 8.50. The second-order valence-electron chi connectivity index (χ2n) is 1.72. The highest BCUT2D eigenvalue weighted by molar-refractivity contribution is 6.29. The summed E-state index contributed by atoms with van der Waals surface area (Å²) in [5.74, 6) is 0.475. The summed E-state index contributed by atoms with van der Waals surface area (Å²) in [5.41, 5.74) is 0. The van der Waals surface area contributed by atoms with Crippen LogP contribution in [0.1, 0.15) is 0 Å². The summed E-state index contributed by atoms with van der Waals surface area (Å²) >= 11 is 5.63. The first-order chi connectivity index (χ1) is 5.26. The van der Waals surface area contributed by atoms with E-state index in [4.69, 9.17) is 20.5 Å². The van der Waals surface area contributed by atoms with E-state index in [0.717, 1.165) is 0 Å². The van der Waals surface area contributed by atoms with Crippen molar-refractivity contribution in [1.29, 1.82) is 0 Å². The van der Waals surface area contributed by atoms with Crippen molar-refractivity contribution in [3.8, 4) is 11.9 Å². The fourth-order valence-electron chi connectivity index (χ4n) is 0.573. The van der Waals surface area contributed by atoms with E-state index in [0.29, 0.717) is 32.0 Å². The lowest BCUT2D eigenvalue weighted by Gasteiger charge is -2.02. The van der Waals surface area contributed by atoms with Crippen LogP contribution in [-0.4, -0.2) is 30.9 Å². The average molecular weight is 207 g/mol. The number of hydrogen-bond donors (Lipinski definition) is 0. The summed E-state index contributed by atoms with van der Waals surface area (Å²) in [4.78, 5) is 7.70. The molecule has 60 valence electrons. The Morgan fingerprint density at radius 3 is 2.55 bits per heavy atom. The predicted molar refractivity (Wildman–Crippen MR) is 48.2 cm³/mol. The maximum atomic E-state index is 5.63. The minimum atomic E-state index is 0.287. The van der Waals surface area contributed by atoms with Gasteiger partial charge in [0, 0.05) is 6.07 Å². The average Bonchev–Trinajstić information content (AvgIpc) is 2.03. The molecule has 0 spiro atoms. The van der Waals surface area contributed by atoms with Gasteiger partial charge in [0.15, 0.2) is 0 Å². The van der Waals surface area contributed by atoms with Crippen LogP contribution in [0, 0.1) is 0 Å². The first-order valence-corrected chi connectivity index (χ1v) is 4.90. The van der Waals surface area contributed by atoms with Crippen LogP contribution < -0.4 is 8.85 Å². The molecule has 0 N–H and O–H groups in total. The Kier molecular flexibility index (Phi) is 2.86. The smallest absolute Gasteiger partial charge is 0.306 e. The van der Waals surface area contributed by atoms with Crippen LogP contribution in [0.25, 0.3) is 0 Å². The van der Waals surface area contributed by atoms with E-state index < -0.39 is 0 Å². The van der Waals surface area contributed by atoms with Crippen LogP contribution in [-0.2, 0) is 0 Å². The fourth-order valence-corrected chi connectivity index (χ4v) is 1.13. The number of hydrogen-bond acceptors (Lipinski definition) is 4. The molecule has 0 aromatic carbocycles. The SMILES string of the molecule is [SiH3]Oc1cc(Cl)nc(O[SiH3])n1. The molecule has 1 aromatic heterocycles. The van der Waals surface area contributed by atoms with E-state index in [1.807, 2.05) is 0 Å². The van der Waals surface area contributed by atoms with Crippen molar-refractivity contribution in [1.82, 2.24) is 9.97 Å². The second-order valence-corrected chi connectivity index (χ2v) is 2.92. The van der Waals surface area contributed by atoms with E-state index in [2.05, 4.69) is 9.97 Å². The van der Waals surface area contributed by atoms with Crippen molar-refractivity contribution in [3.63, 3.8) is 0 Å². The highest BCUT2D eigenvalue weighted by Gasteiger charge is 2.00. The molecular formula is C4H7ClN2O2Si2. The molecule has 0 radical (unpaired) electrons. The molecule has 0 aliphatic rings. The molecule has 7 heteroatoms. The third-order valence-electron chi connectivity index (χ3n) is 1.04. The lowest BCUT2D eigenvalue weighted by molar-refractivity contribution is 0.521. The van der Waals surface area contributed by atoms with Crippen LogP contribution in [0.4, 0.5) is 0 Å². The Balaban J connectivity index is 3.02. The summed E-state index contributed by atoms with van der Waals surface area (Å²) in [5, 5.41) is 0.344. The third-order valence-corrected chi connectivity index (χ3v) is 2.02. The summed E-state index contributed by atoms with van der Waals surface area (Å²) in [7, 11) is 1.13. The Hall–Kier alpha value is -0.596. The van der Waals surface area contributed by atoms with Gasteiger partial charge in [0.1, 0.15) is 5.15 Å². The number of nitrogens with zero attached hydrogens (tertiary/aromatic N) is 2. The molecule has 11 heavy (non-hydrogen) atoms. The van der Waals surface area contributed by atoms with Crippen molar-refractivity contribution in [2.45, 2.75) is 0 Å². The normalized spacial score (nSPS) is 9.91. The van der Waals surface area contributed by atoms with Gasteiger partial charge in [-0.05, 0) is 0 Å². The second kappa shape index (κ2) is 3.70. The third kappa shape index (κ3) is 2.17. The molecule has 0 amide bonds. The fraction of sp³-hybridized carbons (Fsp3) is 0. The van der Waals surface area contributed by atoms with E-state index in [9.17, 15) is 0 Å². The molecule has 0 atom stereocenters. The highest BCUT2D eigenvalue weighted by atomic mass is 35.5. The Morgan fingerprint density at radius 2 is 2.00 bits per heavy atom. The molecule has 0 saturated carbocycles. The summed E-state index contributed by atoms with van der Waals surface area (Å²) in [6.07, 6.45) is 0. The molecule has 0 unspecified atom stereocenters. The van der Waals surface area contributed by atoms with Crippen LogP contribution in [0.2, 0.25) is 5.15 Å². The first-order valence-electron chi connectivity index (χ1n) is 2.89. The maximum absolute atomic E-state index is 5.63. The Morgan fingerprint density at radius 1 is 1.27 bits per heavy atom. The molecule has 0 bridgehead atoms. The van der Waals surface area contributed by atoms with Gasteiger partial charge in [0.05, 0.1) is 0 Å². The van der Waals surface area contributed by atoms with E-state index in [-0.39, 0.29) is 6.01 Å². The van der Waals surface area contributed by atoms with Gasteiger partial charge in [-0.1, -0.05) is 11.6 Å². The number of aromatic nitrogens is 2. The maximum Gasteiger partial charge on any atom is 0.306 e. The predicted octanol–water partition coefficient (Wildman–Crippen LogP) is -1.55. The van der Waals surface area contributed by atoms with Crippen LogP contribution in [0.5, 0.6) is 11.9 Å². The molecule has 0 aliphatic heterocycles. The quantitative estimate of drug-likeness (QED) is 0.434. The van der Waals surface area contributed by atoms with Crippen LogP contribution in [0.15, 0.2) is 6.07 Å². The van der Waals surface area contributed by atoms with Gasteiger partial charge in [0.25, 0.3) is 0 Å². The number of rotatable bonds is 2. The highest BCUT2D eigenvalue weighted by Crippen LogP contribution is 2.15. The zero-order valence-electron chi connectivity index (χ0n) is 6.17. The molecule has 4 nitrogen and oxygen atoms in total. The molecular weight excluding hydrogens is 200 g/mol. The van der Waals surface area contributed by atoms with Gasteiger partial charge in [-0.15, -0.1) is 0 Å². The van der Waals surface area contributed by atoms with E-state index >= 15 is 0 Å². The molecule has 0 saturated heterocycles. The topological polar surface area (TPSA) is 44.2 Å². The van der Waals surface area contributed by atoms with Crippen LogP contribution in [0.3, 0.4) is 0 Å². The van der Waals surface area contributed by atoms with E-state index in [1.54, 1.807) is 6.07 Å². The lowest BCUT2D eigenvalue weighted by Crippen LogP contribution is -1.96. The standard InChI is InChI=1S/C4H7ClN2O2Si2/c5-2-1-3(8-10)7-4(6-2)9-11/h1H,10-11H3. The van der Waals surface area contributed by atoms with Crippen molar-refractivity contribution >= 4 is 32.6 Å². The zero-order valence-corrected chi connectivity index (χ0v) is 10.9. The summed E-state index contributed by atoms with van der Waals surface area (Å²) < 4.78 is 9.88. The van der Waals surface area contributed by atoms with Gasteiger partial charge in [0.2, 0.25) is 26.9 Å². The molecule has 1 rings (SSSR count). The largest absolute Gasteiger partial charge is 0.540 e. The van der Waals surface area contributed by atoms with Crippen molar-refractivity contribution < 1.29 is 8.85 Å². The summed E-state index contributed by atoms with van der Waals surface area (Å²) in [6, 6.07) is 1.84. The van der Waals surface area contributed by atoms with Gasteiger partial charge in [-0.25, -0.2) is 0 Å². The van der Waals surface area contributed by atoms with Crippen molar-refractivity contribution in [2.24, 2.45) is 0 Å². The molecule has 1 aromatic rings. The minimum Gasteiger partial charge on any atom is -0.540 e. The zero-order chi connectivity index (χ0) is 8.27. The van der Waals surface area contributed by atoms with Crippen molar-refractivity contribution in [3.05, 3.63) is 11.2 Å².